The third-order valence-corrected chi connectivity index (χ3v) is 1.79. The summed E-state index contributed by atoms with van der Waals surface area (Å²) < 4.78 is 0. The molecular weight excluding hydrogens is 104 g/mol. The molecule has 0 radical (unpaired) electrons. The molecule has 0 rings (SSSR count). The molecule has 0 heterocycles. The Labute approximate surface area is 50.7 Å². The van der Waals surface area contributed by atoms with Crippen LogP contribution in [0.15, 0.2) is 0 Å². The Balaban J connectivity index is 2.95. The van der Waals surface area contributed by atoms with Gasteiger partial charge in [-0.1, -0.05) is 0 Å². The molecule has 44 valence electrons. The van der Waals surface area contributed by atoms with Gasteiger partial charge < -0.3 is 0 Å². The van der Waals surface area contributed by atoms with E-state index in [9.17, 15) is 0 Å². The molecule has 0 N–H and O–H groups in total. The SMILES string of the molecule is CC(C)[SH+]C(C)C. The monoisotopic (exact) mass is 119 g/mol. The van der Waals surface area contributed by atoms with Gasteiger partial charge in [0.15, 0.2) is 0 Å². The molecule has 0 aromatic carbocycles. The van der Waals surface area contributed by atoms with Gasteiger partial charge in [0, 0.05) is 0 Å². The lowest BCUT2D eigenvalue weighted by molar-refractivity contribution is 1.04. The van der Waals surface area contributed by atoms with Crippen LogP contribution in [0.3, 0.4) is 0 Å². The Morgan fingerprint density at radius 3 is 1.14 bits per heavy atom. The Hall–Kier alpha value is 0.350. The van der Waals surface area contributed by atoms with Gasteiger partial charge in [-0.25, -0.2) is 0 Å². The Morgan fingerprint density at radius 2 is 1.14 bits per heavy atom. The van der Waals surface area contributed by atoms with Crippen LogP contribution in [0.2, 0.25) is 0 Å². The van der Waals surface area contributed by atoms with E-state index >= 15 is 0 Å². The fourth-order valence-electron chi connectivity index (χ4n) is 0.596. The molecule has 0 aromatic rings. The fourth-order valence-corrected chi connectivity index (χ4v) is 1.79. The van der Waals surface area contributed by atoms with Crippen molar-refractivity contribution in [1.82, 2.24) is 0 Å². The third kappa shape index (κ3) is 6.35. The van der Waals surface area contributed by atoms with Crippen LogP contribution in [-0.4, -0.2) is 10.5 Å². The van der Waals surface area contributed by atoms with Gasteiger partial charge in [0.1, 0.15) is 10.5 Å². The maximum atomic E-state index is 2.25. The lowest BCUT2D eigenvalue weighted by atomic mass is 10.6. The van der Waals surface area contributed by atoms with E-state index in [1.165, 1.54) is 0 Å². The standard InChI is InChI=1S/C6H14S/c1-5(2)7-6(3)4/h5-6H,1-4H3/p+1. The second-order valence-corrected chi connectivity index (χ2v) is 4.70. The molecular formula is C6H15S+. The van der Waals surface area contributed by atoms with Crippen molar-refractivity contribution in [3.63, 3.8) is 0 Å². The second kappa shape index (κ2) is 3.36. The van der Waals surface area contributed by atoms with Crippen molar-refractivity contribution in [2.45, 2.75) is 38.2 Å². The molecule has 0 nitrogen and oxygen atoms in total. The molecule has 7 heavy (non-hydrogen) atoms. The molecule has 0 atom stereocenters. The van der Waals surface area contributed by atoms with E-state index in [0.717, 1.165) is 10.5 Å². The minimum absolute atomic E-state index is 0.847. The highest BCUT2D eigenvalue weighted by molar-refractivity contribution is 7.79. The van der Waals surface area contributed by atoms with Crippen LogP contribution in [0, 0.1) is 0 Å². The zero-order chi connectivity index (χ0) is 5.86. The van der Waals surface area contributed by atoms with Crippen LogP contribution in [0.25, 0.3) is 0 Å². The molecule has 0 bridgehead atoms. The summed E-state index contributed by atoms with van der Waals surface area (Å²) in [7, 11) is 0. The zero-order valence-electron chi connectivity index (χ0n) is 5.60. The lowest BCUT2D eigenvalue weighted by Gasteiger charge is -1.95. The van der Waals surface area contributed by atoms with Crippen LogP contribution < -0.4 is 0 Å². The van der Waals surface area contributed by atoms with Gasteiger partial charge in [-0.05, 0) is 39.5 Å². The maximum absolute atomic E-state index is 2.25. The Bertz CT molecular complexity index is 33.4. The summed E-state index contributed by atoms with van der Waals surface area (Å²) in [6.45, 7) is 9.01. The molecule has 1 heteroatoms. The Morgan fingerprint density at radius 1 is 0.857 bits per heavy atom. The van der Waals surface area contributed by atoms with Gasteiger partial charge in [-0.2, -0.15) is 0 Å². The first kappa shape index (κ1) is 7.35. The molecule has 0 aliphatic carbocycles. The molecule has 0 aliphatic rings. The highest BCUT2D eigenvalue weighted by atomic mass is 32.2. The number of hydrogen-bond acceptors (Lipinski definition) is 0. The third-order valence-electron chi connectivity index (χ3n) is 0.596. The van der Waals surface area contributed by atoms with Crippen molar-refractivity contribution in [3.05, 3.63) is 0 Å². The first-order valence-electron chi connectivity index (χ1n) is 2.83. The normalized spacial score (nSPS) is 11.1. The molecule has 0 saturated carbocycles. The van der Waals surface area contributed by atoms with Crippen LogP contribution in [-0.2, 0) is 11.8 Å². The number of thiol groups is 1. The largest absolute Gasteiger partial charge is 0.110 e. The van der Waals surface area contributed by atoms with Crippen molar-refractivity contribution in [2.24, 2.45) is 0 Å². The van der Waals surface area contributed by atoms with Crippen molar-refractivity contribution < 1.29 is 0 Å². The highest BCUT2D eigenvalue weighted by Gasteiger charge is 2.05. The average Bonchev–Trinajstić information content (AvgIpc) is 1.27. The highest BCUT2D eigenvalue weighted by Crippen LogP contribution is 1.94. The molecule has 0 saturated heterocycles. The van der Waals surface area contributed by atoms with E-state index < -0.39 is 0 Å². The van der Waals surface area contributed by atoms with E-state index in [1.54, 1.807) is 11.8 Å². The summed E-state index contributed by atoms with van der Waals surface area (Å²) in [6.07, 6.45) is 0. The van der Waals surface area contributed by atoms with E-state index in [4.69, 9.17) is 0 Å². The second-order valence-electron chi connectivity index (χ2n) is 2.34. The maximum Gasteiger partial charge on any atom is 0.110 e. The van der Waals surface area contributed by atoms with E-state index in [1.807, 2.05) is 0 Å². The summed E-state index contributed by atoms with van der Waals surface area (Å²) in [4.78, 5) is 0. The zero-order valence-corrected chi connectivity index (χ0v) is 6.50. The van der Waals surface area contributed by atoms with Crippen LogP contribution in [0.5, 0.6) is 0 Å². The average molecular weight is 119 g/mol. The summed E-state index contributed by atoms with van der Waals surface area (Å²) in [5.74, 6) is 0. The molecule has 0 aromatic heterocycles. The lowest BCUT2D eigenvalue weighted by Crippen LogP contribution is -2.07. The molecule has 0 amide bonds. The van der Waals surface area contributed by atoms with Crippen molar-refractivity contribution in [1.29, 1.82) is 0 Å². The van der Waals surface area contributed by atoms with Gasteiger partial charge in [0.25, 0.3) is 0 Å². The van der Waals surface area contributed by atoms with Gasteiger partial charge in [0.05, 0.1) is 0 Å². The van der Waals surface area contributed by atoms with Gasteiger partial charge >= 0.3 is 0 Å². The first-order chi connectivity index (χ1) is 3.13. The predicted molar refractivity (Wildman–Crippen MR) is 39.0 cm³/mol. The van der Waals surface area contributed by atoms with Crippen molar-refractivity contribution in [2.75, 3.05) is 0 Å². The predicted octanol–water partition coefficient (Wildman–Crippen LogP) is 1.62. The van der Waals surface area contributed by atoms with Crippen molar-refractivity contribution >= 4 is 11.8 Å². The molecule has 0 spiro atoms. The van der Waals surface area contributed by atoms with Gasteiger partial charge in [-0.15, -0.1) is 0 Å². The van der Waals surface area contributed by atoms with E-state index in [0.29, 0.717) is 0 Å². The minimum Gasteiger partial charge on any atom is -0.0228 e. The Kier molecular flexibility index (Phi) is 3.53. The van der Waals surface area contributed by atoms with E-state index in [-0.39, 0.29) is 0 Å². The van der Waals surface area contributed by atoms with E-state index in [2.05, 4.69) is 27.7 Å². The summed E-state index contributed by atoms with van der Waals surface area (Å²) >= 11 is 1.58. The van der Waals surface area contributed by atoms with Gasteiger partial charge in [0.2, 0.25) is 0 Å². The molecule has 0 aliphatic heterocycles. The van der Waals surface area contributed by atoms with Crippen molar-refractivity contribution in [3.8, 4) is 0 Å². The van der Waals surface area contributed by atoms with Crippen LogP contribution in [0.1, 0.15) is 27.7 Å². The minimum atomic E-state index is 0.847. The summed E-state index contributed by atoms with van der Waals surface area (Å²) in [5, 5.41) is 1.69. The molecule has 0 fully saturated rings. The van der Waals surface area contributed by atoms with Crippen LogP contribution in [0.4, 0.5) is 0 Å². The molecule has 0 unspecified atom stereocenters. The quantitative estimate of drug-likeness (QED) is 0.383. The van der Waals surface area contributed by atoms with Gasteiger partial charge in [-0.3, -0.25) is 0 Å². The smallest absolute Gasteiger partial charge is 0.0228 e. The summed E-state index contributed by atoms with van der Waals surface area (Å²) in [6, 6.07) is 0. The number of hydrogen-bond donors (Lipinski definition) is 0. The number of rotatable bonds is 2. The summed E-state index contributed by atoms with van der Waals surface area (Å²) in [5.41, 5.74) is 0. The van der Waals surface area contributed by atoms with Crippen LogP contribution >= 0.6 is 0 Å². The topological polar surface area (TPSA) is 0 Å². The first-order valence-corrected chi connectivity index (χ1v) is 3.86. The fraction of sp³-hybridized carbons (Fsp3) is 1.00.